The Hall–Kier alpha value is -3.08. The molecule has 118 valence electrons. The molecule has 0 radical (unpaired) electrons. The van der Waals surface area contributed by atoms with Crippen LogP contribution in [-0.4, -0.2) is 23.9 Å². The fourth-order valence-electron chi connectivity index (χ4n) is 1.86. The van der Waals surface area contributed by atoms with Gasteiger partial charge in [-0.1, -0.05) is 29.8 Å². The summed E-state index contributed by atoms with van der Waals surface area (Å²) in [4.78, 5) is 23.7. The Kier molecular flexibility index (Phi) is 5.15. The summed E-state index contributed by atoms with van der Waals surface area (Å²) in [5, 5.41) is 12.4. The van der Waals surface area contributed by atoms with Crippen LogP contribution in [0, 0.1) is 6.92 Å². The van der Waals surface area contributed by atoms with Crippen molar-refractivity contribution in [1.82, 2.24) is 0 Å². The maximum absolute atomic E-state index is 11.8. The van der Waals surface area contributed by atoms with Crippen molar-refractivity contribution in [3.05, 3.63) is 65.7 Å². The van der Waals surface area contributed by atoms with Gasteiger partial charge >= 0.3 is 0 Å². The lowest BCUT2D eigenvalue weighted by Gasteiger charge is -2.05. The molecule has 23 heavy (non-hydrogen) atoms. The Morgan fingerprint density at radius 1 is 1.04 bits per heavy atom. The topological polar surface area (TPSA) is 75.6 Å². The van der Waals surface area contributed by atoms with Gasteiger partial charge in [-0.05, 0) is 31.2 Å². The number of aryl methyl sites for hydroxylation is 1. The molecule has 0 spiro atoms. The van der Waals surface area contributed by atoms with Crippen LogP contribution in [0.2, 0.25) is 0 Å². The number of benzene rings is 2. The van der Waals surface area contributed by atoms with Gasteiger partial charge < -0.3 is 15.2 Å². The normalized spacial score (nSPS) is 11.0. The average molecular weight is 311 g/mol. The predicted molar refractivity (Wildman–Crippen MR) is 88.4 cm³/mol. The first-order chi connectivity index (χ1) is 11.0. The maximum atomic E-state index is 11.8. The standard InChI is InChI=1S/C18H17NO4/c1-12-3-5-13(6-4-12)16(20)11-17(21)18(22)19-14-7-9-15(23-2)10-8-14/h3-11,20H,1-2H3,(H,19,22)/b16-11+. The van der Waals surface area contributed by atoms with Crippen LogP contribution in [0.3, 0.4) is 0 Å². The summed E-state index contributed by atoms with van der Waals surface area (Å²) < 4.78 is 5.01. The van der Waals surface area contributed by atoms with Crippen molar-refractivity contribution in [3.63, 3.8) is 0 Å². The van der Waals surface area contributed by atoms with Crippen molar-refractivity contribution >= 4 is 23.1 Å². The molecule has 0 aliphatic carbocycles. The Bertz CT molecular complexity index is 731. The average Bonchev–Trinajstić information content (AvgIpc) is 2.56. The van der Waals surface area contributed by atoms with Crippen LogP contribution >= 0.6 is 0 Å². The van der Waals surface area contributed by atoms with Crippen molar-refractivity contribution < 1.29 is 19.4 Å². The SMILES string of the molecule is COc1ccc(NC(=O)C(=O)/C=C(/O)c2ccc(C)cc2)cc1. The summed E-state index contributed by atoms with van der Waals surface area (Å²) in [5.74, 6) is -1.26. The van der Waals surface area contributed by atoms with Gasteiger partial charge in [0, 0.05) is 17.3 Å². The van der Waals surface area contributed by atoms with Crippen molar-refractivity contribution in [2.75, 3.05) is 12.4 Å². The van der Waals surface area contributed by atoms with Crippen molar-refractivity contribution in [2.24, 2.45) is 0 Å². The van der Waals surface area contributed by atoms with Crippen LogP contribution in [0.4, 0.5) is 5.69 Å². The summed E-state index contributed by atoms with van der Waals surface area (Å²) >= 11 is 0. The molecule has 0 fully saturated rings. The number of aliphatic hydroxyl groups is 1. The molecule has 2 aromatic rings. The largest absolute Gasteiger partial charge is 0.507 e. The van der Waals surface area contributed by atoms with Gasteiger partial charge in [0.15, 0.2) is 0 Å². The summed E-state index contributed by atoms with van der Waals surface area (Å²) in [6.07, 6.45) is 0.906. The third-order valence-electron chi connectivity index (χ3n) is 3.19. The van der Waals surface area contributed by atoms with E-state index >= 15 is 0 Å². The number of rotatable bonds is 5. The van der Waals surface area contributed by atoms with Crippen LogP contribution in [0.15, 0.2) is 54.6 Å². The van der Waals surface area contributed by atoms with Gasteiger partial charge in [-0.25, -0.2) is 0 Å². The van der Waals surface area contributed by atoms with Gasteiger partial charge in [0.05, 0.1) is 7.11 Å². The number of ether oxygens (including phenoxy) is 1. The maximum Gasteiger partial charge on any atom is 0.296 e. The fraction of sp³-hybridized carbons (Fsp3) is 0.111. The van der Waals surface area contributed by atoms with Gasteiger partial charge in [0.25, 0.3) is 5.91 Å². The Labute approximate surface area is 134 Å². The minimum Gasteiger partial charge on any atom is -0.507 e. The van der Waals surface area contributed by atoms with E-state index in [9.17, 15) is 14.7 Å². The van der Waals surface area contributed by atoms with Gasteiger partial charge in [-0.3, -0.25) is 9.59 Å². The molecule has 1 amide bonds. The van der Waals surface area contributed by atoms with E-state index in [0.717, 1.165) is 11.6 Å². The molecule has 2 aromatic carbocycles. The second-order valence-corrected chi connectivity index (χ2v) is 4.94. The molecule has 2 N–H and O–H groups in total. The molecule has 2 rings (SSSR count). The molecule has 0 saturated heterocycles. The number of amides is 1. The van der Waals surface area contributed by atoms with Gasteiger partial charge in [-0.2, -0.15) is 0 Å². The number of hydrogen-bond acceptors (Lipinski definition) is 4. The zero-order valence-corrected chi connectivity index (χ0v) is 12.9. The quantitative estimate of drug-likeness (QED) is 0.505. The number of nitrogens with one attached hydrogen (secondary N) is 1. The number of carbonyl (C=O) groups is 2. The highest BCUT2D eigenvalue weighted by Gasteiger charge is 2.13. The second kappa shape index (κ2) is 7.26. The molecule has 0 bridgehead atoms. The molecule has 5 nitrogen and oxygen atoms in total. The van der Waals surface area contributed by atoms with Crippen LogP contribution in [-0.2, 0) is 9.59 Å². The number of aliphatic hydroxyl groups excluding tert-OH is 1. The van der Waals surface area contributed by atoms with Crippen molar-refractivity contribution in [2.45, 2.75) is 6.92 Å². The monoisotopic (exact) mass is 311 g/mol. The van der Waals surface area contributed by atoms with E-state index in [0.29, 0.717) is 17.0 Å². The van der Waals surface area contributed by atoms with E-state index in [2.05, 4.69) is 5.32 Å². The number of carbonyl (C=O) groups excluding carboxylic acids is 2. The van der Waals surface area contributed by atoms with Gasteiger partial charge in [0.2, 0.25) is 5.78 Å². The molecule has 0 heterocycles. The first-order valence-electron chi connectivity index (χ1n) is 6.96. The van der Waals surface area contributed by atoms with Gasteiger partial charge in [-0.15, -0.1) is 0 Å². The molecule has 0 saturated carbocycles. The smallest absolute Gasteiger partial charge is 0.296 e. The Morgan fingerprint density at radius 3 is 2.22 bits per heavy atom. The van der Waals surface area contributed by atoms with E-state index in [1.807, 2.05) is 6.92 Å². The summed E-state index contributed by atoms with van der Waals surface area (Å²) in [6, 6.07) is 13.5. The zero-order valence-electron chi connectivity index (χ0n) is 12.9. The second-order valence-electron chi connectivity index (χ2n) is 4.94. The number of methoxy groups -OCH3 is 1. The lowest BCUT2D eigenvalue weighted by atomic mass is 10.1. The molecule has 0 unspecified atom stereocenters. The Morgan fingerprint density at radius 2 is 1.65 bits per heavy atom. The lowest BCUT2D eigenvalue weighted by molar-refractivity contribution is -0.131. The molecule has 5 heteroatoms. The highest BCUT2D eigenvalue weighted by Crippen LogP contribution is 2.15. The van der Waals surface area contributed by atoms with E-state index in [4.69, 9.17) is 4.74 Å². The van der Waals surface area contributed by atoms with Crippen LogP contribution < -0.4 is 10.1 Å². The Balaban J connectivity index is 2.05. The highest BCUT2D eigenvalue weighted by molar-refractivity contribution is 6.45. The van der Waals surface area contributed by atoms with E-state index in [-0.39, 0.29) is 5.76 Å². The molecule has 0 aliphatic rings. The highest BCUT2D eigenvalue weighted by atomic mass is 16.5. The summed E-state index contributed by atoms with van der Waals surface area (Å²) in [6.45, 7) is 1.91. The third kappa shape index (κ3) is 4.44. The van der Waals surface area contributed by atoms with E-state index < -0.39 is 11.7 Å². The van der Waals surface area contributed by atoms with Crippen LogP contribution in [0.25, 0.3) is 5.76 Å². The van der Waals surface area contributed by atoms with E-state index in [1.54, 1.807) is 48.5 Å². The van der Waals surface area contributed by atoms with E-state index in [1.165, 1.54) is 7.11 Å². The molecule has 0 aliphatic heterocycles. The van der Waals surface area contributed by atoms with Gasteiger partial charge in [0.1, 0.15) is 11.5 Å². The van der Waals surface area contributed by atoms with Crippen molar-refractivity contribution in [1.29, 1.82) is 0 Å². The van der Waals surface area contributed by atoms with Crippen LogP contribution in [0.5, 0.6) is 5.75 Å². The van der Waals surface area contributed by atoms with Crippen molar-refractivity contribution in [3.8, 4) is 5.75 Å². The summed E-state index contributed by atoms with van der Waals surface area (Å²) in [5.41, 5.74) is 1.97. The predicted octanol–water partition coefficient (Wildman–Crippen LogP) is 3.11. The number of ketones is 1. The molecular formula is C18H17NO4. The fourth-order valence-corrected chi connectivity index (χ4v) is 1.86. The lowest BCUT2D eigenvalue weighted by Crippen LogP contribution is -2.21. The zero-order chi connectivity index (χ0) is 16.8. The number of hydrogen-bond donors (Lipinski definition) is 2. The minimum atomic E-state index is -0.834. The molecular weight excluding hydrogens is 294 g/mol. The molecule has 0 atom stereocenters. The third-order valence-corrected chi connectivity index (χ3v) is 3.19. The molecule has 0 aromatic heterocycles. The first-order valence-corrected chi connectivity index (χ1v) is 6.96. The minimum absolute atomic E-state index is 0.250. The number of anilines is 1. The first kappa shape index (κ1) is 16.3. The summed E-state index contributed by atoms with van der Waals surface area (Å²) in [7, 11) is 1.54. The van der Waals surface area contributed by atoms with Crippen LogP contribution in [0.1, 0.15) is 11.1 Å².